The predicted octanol–water partition coefficient (Wildman–Crippen LogP) is 2.34. The number of nitrogens with one attached hydrogen (secondary N) is 1. The molecule has 1 N–H and O–H groups in total. The molecule has 0 aliphatic heterocycles. The van der Waals surface area contributed by atoms with Gasteiger partial charge in [0.1, 0.15) is 10.7 Å². The second-order valence-corrected chi connectivity index (χ2v) is 4.76. The number of hydrogen-bond donors (Lipinski definition) is 1. The predicted molar refractivity (Wildman–Crippen MR) is 67.9 cm³/mol. The molecule has 2 aromatic heterocycles. The van der Waals surface area contributed by atoms with E-state index in [0.717, 1.165) is 10.6 Å². The molecule has 2 heterocycles. The summed E-state index contributed by atoms with van der Waals surface area (Å²) in [6.45, 7) is 3.85. The van der Waals surface area contributed by atoms with E-state index in [2.05, 4.69) is 15.3 Å². The lowest BCUT2D eigenvalue weighted by atomic mass is 10.3. The second-order valence-electron chi connectivity index (χ2n) is 3.90. The van der Waals surface area contributed by atoms with Gasteiger partial charge >= 0.3 is 0 Å². The monoisotopic (exact) mass is 247 g/mol. The van der Waals surface area contributed by atoms with Gasteiger partial charge in [0.25, 0.3) is 5.91 Å². The van der Waals surface area contributed by atoms with E-state index in [0.29, 0.717) is 5.69 Å². The lowest BCUT2D eigenvalue weighted by molar-refractivity contribution is 0.0939. The van der Waals surface area contributed by atoms with Gasteiger partial charge in [0.15, 0.2) is 0 Å². The average Bonchev–Trinajstić information content (AvgIpc) is 2.78. The summed E-state index contributed by atoms with van der Waals surface area (Å²) < 4.78 is 0. The maximum Gasteiger partial charge on any atom is 0.270 e. The van der Waals surface area contributed by atoms with Crippen LogP contribution in [0.15, 0.2) is 29.9 Å². The maximum absolute atomic E-state index is 11.7. The van der Waals surface area contributed by atoms with Crippen LogP contribution in [0.3, 0.4) is 0 Å². The average molecular weight is 247 g/mol. The van der Waals surface area contributed by atoms with E-state index in [9.17, 15) is 4.79 Å². The molecule has 88 valence electrons. The van der Waals surface area contributed by atoms with Crippen molar-refractivity contribution in [3.8, 4) is 10.6 Å². The van der Waals surface area contributed by atoms with Crippen LogP contribution in [0.1, 0.15) is 24.3 Å². The number of thiazole rings is 1. The Labute approximate surface area is 104 Å². The quantitative estimate of drug-likeness (QED) is 0.905. The van der Waals surface area contributed by atoms with E-state index in [-0.39, 0.29) is 11.9 Å². The van der Waals surface area contributed by atoms with E-state index in [1.807, 2.05) is 26.0 Å². The van der Waals surface area contributed by atoms with Crippen LogP contribution in [0, 0.1) is 0 Å². The Morgan fingerprint density at radius 1 is 1.35 bits per heavy atom. The van der Waals surface area contributed by atoms with E-state index in [4.69, 9.17) is 0 Å². The molecule has 0 atom stereocenters. The third-order valence-corrected chi connectivity index (χ3v) is 2.98. The molecular weight excluding hydrogens is 234 g/mol. The number of amides is 1. The Kier molecular flexibility index (Phi) is 3.49. The minimum absolute atomic E-state index is 0.119. The van der Waals surface area contributed by atoms with E-state index in [1.54, 1.807) is 17.8 Å². The maximum atomic E-state index is 11.7. The smallest absolute Gasteiger partial charge is 0.270 e. The first kappa shape index (κ1) is 11.7. The van der Waals surface area contributed by atoms with Gasteiger partial charge in [-0.3, -0.25) is 9.78 Å². The molecule has 0 fully saturated rings. The highest BCUT2D eigenvalue weighted by molar-refractivity contribution is 7.13. The summed E-state index contributed by atoms with van der Waals surface area (Å²) in [5, 5.41) is 5.42. The highest BCUT2D eigenvalue weighted by Crippen LogP contribution is 2.22. The molecule has 2 aromatic rings. The van der Waals surface area contributed by atoms with Crippen LogP contribution in [-0.2, 0) is 0 Å². The molecule has 0 radical (unpaired) electrons. The van der Waals surface area contributed by atoms with E-state index in [1.165, 1.54) is 11.3 Å². The molecule has 0 saturated carbocycles. The lowest BCUT2D eigenvalue weighted by Gasteiger charge is -2.05. The second kappa shape index (κ2) is 5.05. The Morgan fingerprint density at radius 3 is 2.71 bits per heavy atom. The summed E-state index contributed by atoms with van der Waals surface area (Å²) in [4.78, 5) is 20.0. The zero-order chi connectivity index (χ0) is 12.3. The van der Waals surface area contributed by atoms with Crippen LogP contribution < -0.4 is 5.32 Å². The van der Waals surface area contributed by atoms with Gasteiger partial charge in [-0.1, -0.05) is 0 Å². The number of carbonyl (C=O) groups is 1. The van der Waals surface area contributed by atoms with Crippen LogP contribution in [0.25, 0.3) is 10.6 Å². The van der Waals surface area contributed by atoms with Gasteiger partial charge in [0.2, 0.25) is 0 Å². The minimum Gasteiger partial charge on any atom is -0.349 e. The molecule has 5 heteroatoms. The molecule has 0 unspecified atom stereocenters. The molecule has 0 aromatic carbocycles. The number of carbonyl (C=O) groups excluding carboxylic acids is 1. The van der Waals surface area contributed by atoms with Crippen molar-refractivity contribution in [3.05, 3.63) is 35.6 Å². The molecule has 4 nitrogen and oxygen atoms in total. The van der Waals surface area contributed by atoms with E-state index < -0.39 is 0 Å². The lowest BCUT2D eigenvalue weighted by Crippen LogP contribution is -2.30. The van der Waals surface area contributed by atoms with Crippen molar-refractivity contribution in [2.24, 2.45) is 0 Å². The molecule has 1 amide bonds. The third kappa shape index (κ3) is 2.88. The van der Waals surface area contributed by atoms with Crippen LogP contribution in [-0.4, -0.2) is 21.9 Å². The Balaban J connectivity index is 2.19. The van der Waals surface area contributed by atoms with Gasteiger partial charge in [-0.15, -0.1) is 11.3 Å². The fraction of sp³-hybridized carbons (Fsp3) is 0.250. The molecule has 2 rings (SSSR count). The largest absolute Gasteiger partial charge is 0.349 e. The summed E-state index contributed by atoms with van der Waals surface area (Å²) >= 11 is 1.46. The van der Waals surface area contributed by atoms with Gasteiger partial charge in [-0.25, -0.2) is 4.98 Å². The van der Waals surface area contributed by atoms with Gasteiger partial charge in [-0.05, 0) is 26.0 Å². The van der Waals surface area contributed by atoms with Crippen molar-refractivity contribution in [1.29, 1.82) is 0 Å². The van der Waals surface area contributed by atoms with Crippen molar-refractivity contribution in [2.75, 3.05) is 0 Å². The van der Waals surface area contributed by atoms with Gasteiger partial charge in [-0.2, -0.15) is 0 Å². The first-order chi connectivity index (χ1) is 8.16. The zero-order valence-electron chi connectivity index (χ0n) is 9.68. The van der Waals surface area contributed by atoms with Crippen LogP contribution in [0.2, 0.25) is 0 Å². The van der Waals surface area contributed by atoms with Gasteiger partial charge in [0.05, 0.1) is 0 Å². The zero-order valence-corrected chi connectivity index (χ0v) is 10.5. The molecule has 0 aliphatic rings. The fourth-order valence-electron chi connectivity index (χ4n) is 1.34. The number of rotatable bonds is 3. The molecular formula is C12H13N3OS. The van der Waals surface area contributed by atoms with Crippen LogP contribution >= 0.6 is 11.3 Å². The van der Waals surface area contributed by atoms with Crippen LogP contribution in [0.4, 0.5) is 0 Å². The first-order valence-corrected chi connectivity index (χ1v) is 6.21. The molecule has 17 heavy (non-hydrogen) atoms. The summed E-state index contributed by atoms with van der Waals surface area (Å²) in [7, 11) is 0. The van der Waals surface area contributed by atoms with Crippen molar-refractivity contribution < 1.29 is 4.79 Å². The Hall–Kier alpha value is -1.75. The van der Waals surface area contributed by atoms with Crippen molar-refractivity contribution in [1.82, 2.24) is 15.3 Å². The standard InChI is InChI=1S/C12H13N3OS/c1-8(2)14-11(16)10-7-17-12(15-10)9-3-5-13-6-4-9/h3-8H,1-2H3,(H,14,16). The summed E-state index contributed by atoms with van der Waals surface area (Å²) in [5.74, 6) is -0.128. The van der Waals surface area contributed by atoms with Crippen molar-refractivity contribution >= 4 is 17.2 Å². The summed E-state index contributed by atoms with van der Waals surface area (Å²) in [5.41, 5.74) is 1.45. The van der Waals surface area contributed by atoms with Crippen molar-refractivity contribution in [3.63, 3.8) is 0 Å². The minimum atomic E-state index is -0.128. The Morgan fingerprint density at radius 2 is 2.06 bits per heavy atom. The first-order valence-electron chi connectivity index (χ1n) is 5.33. The van der Waals surface area contributed by atoms with Crippen molar-refractivity contribution in [2.45, 2.75) is 19.9 Å². The number of aromatic nitrogens is 2. The topological polar surface area (TPSA) is 54.9 Å². The summed E-state index contributed by atoms with van der Waals surface area (Å²) in [6, 6.07) is 3.87. The fourth-order valence-corrected chi connectivity index (χ4v) is 2.15. The number of hydrogen-bond acceptors (Lipinski definition) is 4. The highest BCUT2D eigenvalue weighted by atomic mass is 32.1. The summed E-state index contributed by atoms with van der Waals surface area (Å²) in [6.07, 6.45) is 3.43. The van der Waals surface area contributed by atoms with Gasteiger partial charge in [0, 0.05) is 29.4 Å². The molecule has 0 aliphatic carbocycles. The molecule has 0 saturated heterocycles. The van der Waals surface area contributed by atoms with Crippen LogP contribution in [0.5, 0.6) is 0 Å². The van der Waals surface area contributed by atoms with Gasteiger partial charge < -0.3 is 5.32 Å². The highest BCUT2D eigenvalue weighted by Gasteiger charge is 2.12. The number of pyridine rings is 1. The molecule has 0 bridgehead atoms. The molecule has 0 spiro atoms. The Bertz CT molecular complexity index is 507. The SMILES string of the molecule is CC(C)NC(=O)c1csc(-c2ccncc2)n1. The third-order valence-electron chi connectivity index (χ3n) is 2.08. The van der Waals surface area contributed by atoms with E-state index >= 15 is 0 Å². The number of nitrogens with zero attached hydrogens (tertiary/aromatic N) is 2. The normalized spacial score (nSPS) is 10.5.